The average Bonchev–Trinajstić information content (AvgIpc) is 3.57. The lowest BCUT2D eigenvalue weighted by molar-refractivity contribution is -0.0677. The molecule has 1 N–H and O–H groups in total. The Balaban J connectivity index is 1.27. The first-order valence-corrected chi connectivity index (χ1v) is 14.3. The number of aryl methyl sites for hydroxylation is 1. The maximum Gasteiger partial charge on any atom is 0.227 e. The first-order valence-electron chi connectivity index (χ1n) is 14.3. The minimum Gasteiger partial charge on any atom is -0.378 e. The van der Waals surface area contributed by atoms with Gasteiger partial charge in [-0.1, -0.05) is 17.3 Å². The Kier molecular flexibility index (Phi) is 7.39. The molecule has 1 fully saturated rings. The van der Waals surface area contributed by atoms with Gasteiger partial charge in [-0.15, -0.1) is 5.10 Å². The summed E-state index contributed by atoms with van der Waals surface area (Å²) in [6, 6.07) is 8.84. The van der Waals surface area contributed by atoms with E-state index in [0.29, 0.717) is 24.1 Å². The van der Waals surface area contributed by atoms with Gasteiger partial charge in [-0.2, -0.15) is 5.10 Å². The molecule has 1 saturated heterocycles. The van der Waals surface area contributed by atoms with Gasteiger partial charge < -0.3 is 10.1 Å². The number of anilines is 2. The van der Waals surface area contributed by atoms with Crippen LogP contribution in [0.3, 0.4) is 0 Å². The molecule has 41 heavy (non-hydrogen) atoms. The summed E-state index contributed by atoms with van der Waals surface area (Å²) in [6.07, 6.45) is 8.54. The van der Waals surface area contributed by atoms with Crippen LogP contribution < -0.4 is 5.32 Å². The van der Waals surface area contributed by atoms with Gasteiger partial charge in [0.2, 0.25) is 5.95 Å². The van der Waals surface area contributed by atoms with Crippen LogP contribution in [0.5, 0.6) is 0 Å². The SMILES string of the molecule is CCn1cc(Nc2nccc(-c3ccc4c(c3)CN(C3COC3)CC[C@@H]4CC(=O)c3cn(C(C)(C)C)nn3)n2)cn1. The van der Waals surface area contributed by atoms with Gasteiger partial charge in [-0.05, 0) is 69.8 Å². The standard InChI is InChI=1S/C30H37N9O2/c1-5-38-16-23(14-32-38)33-29-31-10-8-26(34-29)21-6-7-25-20(9-11-37(15-22(25)12-21)24-18-41-19-24)13-28(40)27-17-39(36-35-27)30(2,3)4/h6-8,10,12,14,16-17,20,24H,5,9,11,13,15,18-19H2,1-4H3,(H,31,33,34)/t20-/m1/s1. The highest BCUT2D eigenvalue weighted by molar-refractivity contribution is 5.94. The summed E-state index contributed by atoms with van der Waals surface area (Å²) in [6.45, 7) is 12.2. The number of rotatable bonds is 8. The van der Waals surface area contributed by atoms with E-state index in [9.17, 15) is 4.79 Å². The molecule has 11 heteroatoms. The quantitative estimate of drug-likeness (QED) is 0.316. The zero-order valence-corrected chi connectivity index (χ0v) is 24.1. The predicted molar refractivity (Wildman–Crippen MR) is 155 cm³/mol. The Morgan fingerprint density at radius 1 is 1.17 bits per heavy atom. The number of aromatic nitrogens is 7. The summed E-state index contributed by atoms with van der Waals surface area (Å²) in [5, 5.41) is 16.0. The highest BCUT2D eigenvalue weighted by Gasteiger charge is 2.32. The molecule has 1 aromatic carbocycles. The number of benzene rings is 1. The second-order valence-electron chi connectivity index (χ2n) is 11.9. The maximum atomic E-state index is 13.4. The lowest BCUT2D eigenvalue weighted by atomic mass is 9.87. The Morgan fingerprint density at radius 3 is 2.73 bits per heavy atom. The number of fused-ring (bicyclic) bond motifs is 1. The van der Waals surface area contributed by atoms with Crippen molar-refractivity contribution in [3.8, 4) is 11.3 Å². The summed E-state index contributed by atoms with van der Waals surface area (Å²) in [4.78, 5) is 25.1. The molecule has 1 atom stereocenters. The number of hydrogen-bond acceptors (Lipinski definition) is 9. The van der Waals surface area contributed by atoms with Crippen molar-refractivity contribution in [3.05, 3.63) is 65.9 Å². The van der Waals surface area contributed by atoms with Gasteiger partial charge in [0.15, 0.2) is 5.78 Å². The van der Waals surface area contributed by atoms with E-state index < -0.39 is 0 Å². The van der Waals surface area contributed by atoms with Crippen LogP contribution in [-0.2, 0) is 23.4 Å². The molecule has 0 radical (unpaired) electrons. The Morgan fingerprint density at radius 2 is 2.02 bits per heavy atom. The molecule has 0 amide bonds. The van der Waals surface area contributed by atoms with E-state index in [-0.39, 0.29) is 17.2 Å². The Hall–Kier alpha value is -3.96. The molecular formula is C30H37N9O2. The third-order valence-electron chi connectivity index (χ3n) is 7.92. The molecule has 0 aliphatic carbocycles. The van der Waals surface area contributed by atoms with E-state index in [0.717, 1.165) is 56.2 Å². The second kappa shape index (κ2) is 11.1. The predicted octanol–water partition coefficient (Wildman–Crippen LogP) is 4.41. The van der Waals surface area contributed by atoms with E-state index in [1.54, 1.807) is 23.3 Å². The maximum absolute atomic E-state index is 13.4. The van der Waals surface area contributed by atoms with Gasteiger partial charge in [0.25, 0.3) is 0 Å². The molecule has 0 unspecified atom stereocenters. The smallest absolute Gasteiger partial charge is 0.227 e. The Bertz CT molecular complexity index is 1530. The van der Waals surface area contributed by atoms with Crippen LogP contribution in [0, 0.1) is 0 Å². The van der Waals surface area contributed by atoms with E-state index in [1.807, 2.05) is 44.6 Å². The minimum absolute atomic E-state index is 0.0267. The van der Waals surface area contributed by atoms with Crippen molar-refractivity contribution in [2.45, 2.75) is 71.1 Å². The molecule has 0 saturated carbocycles. The van der Waals surface area contributed by atoms with Crippen molar-refractivity contribution in [3.63, 3.8) is 0 Å². The zero-order chi connectivity index (χ0) is 28.6. The van der Waals surface area contributed by atoms with E-state index in [2.05, 4.69) is 48.8 Å². The molecule has 5 heterocycles. The van der Waals surface area contributed by atoms with Crippen molar-refractivity contribution >= 4 is 17.4 Å². The van der Waals surface area contributed by atoms with Crippen molar-refractivity contribution in [1.82, 2.24) is 39.6 Å². The number of hydrogen-bond donors (Lipinski definition) is 1. The number of Topliss-reactive ketones (excluding diaryl/α,β-unsaturated/α-hetero) is 1. The van der Waals surface area contributed by atoms with Crippen LogP contribution in [-0.4, -0.2) is 71.2 Å². The molecule has 11 nitrogen and oxygen atoms in total. The van der Waals surface area contributed by atoms with Crippen LogP contribution in [0.15, 0.2) is 49.1 Å². The third-order valence-corrected chi connectivity index (χ3v) is 7.92. The van der Waals surface area contributed by atoms with Gasteiger partial charge in [-0.25, -0.2) is 14.6 Å². The monoisotopic (exact) mass is 555 g/mol. The second-order valence-corrected chi connectivity index (χ2v) is 11.9. The molecule has 0 bridgehead atoms. The molecule has 214 valence electrons. The van der Waals surface area contributed by atoms with Gasteiger partial charge >= 0.3 is 0 Å². The van der Waals surface area contributed by atoms with Gasteiger partial charge in [0.1, 0.15) is 5.69 Å². The van der Waals surface area contributed by atoms with Crippen molar-refractivity contribution < 1.29 is 9.53 Å². The van der Waals surface area contributed by atoms with E-state index in [4.69, 9.17) is 9.72 Å². The molecular weight excluding hydrogens is 518 g/mol. The first-order chi connectivity index (χ1) is 19.8. The fourth-order valence-electron chi connectivity index (χ4n) is 5.39. The van der Waals surface area contributed by atoms with Gasteiger partial charge in [0.05, 0.1) is 48.6 Å². The summed E-state index contributed by atoms with van der Waals surface area (Å²) >= 11 is 0. The molecule has 2 aliphatic rings. The minimum atomic E-state index is -0.226. The largest absolute Gasteiger partial charge is 0.378 e. The summed E-state index contributed by atoms with van der Waals surface area (Å²) in [5.74, 6) is 0.641. The van der Waals surface area contributed by atoms with E-state index in [1.165, 1.54) is 11.1 Å². The van der Waals surface area contributed by atoms with Crippen LogP contribution in [0.25, 0.3) is 11.3 Å². The van der Waals surface area contributed by atoms with Crippen molar-refractivity contribution in [2.75, 3.05) is 25.1 Å². The summed E-state index contributed by atoms with van der Waals surface area (Å²) in [7, 11) is 0. The topological polar surface area (TPSA) is 116 Å². The Labute approximate surface area is 239 Å². The number of carbonyl (C=O) groups excluding carboxylic acids is 1. The third kappa shape index (κ3) is 5.91. The van der Waals surface area contributed by atoms with Crippen LogP contribution in [0.4, 0.5) is 11.6 Å². The molecule has 3 aromatic heterocycles. The fourth-order valence-corrected chi connectivity index (χ4v) is 5.39. The van der Waals surface area contributed by atoms with Crippen LogP contribution in [0.2, 0.25) is 0 Å². The molecule has 0 spiro atoms. The van der Waals surface area contributed by atoms with Crippen molar-refractivity contribution in [2.24, 2.45) is 0 Å². The molecule has 6 rings (SSSR count). The van der Waals surface area contributed by atoms with Gasteiger partial charge in [0, 0.05) is 37.5 Å². The normalized spacial score (nSPS) is 18.0. The van der Waals surface area contributed by atoms with E-state index >= 15 is 0 Å². The first kappa shape index (κ1) is 27.2. The highest BCUT2D eigenvalue weighted by atomic mass is 16.5. The van der Waals surface area contributed by atoms with Gasteiger partial charge in [-0.3, -0.25) is 14.4 Å². The fraction of sp³-hybridized carbons (Fsp3) is 0.467. The van der Waals surface area contributed by atoms with Crippen molar-refractivity contribution in [1.29, 1.82) is 0 Å². The lowest BCUT2D eigenvalue weighted by Gasteiger charge is -2.36. The van der Waals surface area contributed by atoms with Crippen LogP contribution >= 0.6 is 0 Å². The summed E-state index contributed by atoms with van der Waals surface area (Å²) in [5.41, 5.74) is 5.34. The number of ketones is 1. The number of carbonyl (C=O) groups is 1. The summed E-state index contributed by atoms with van der Waals surface area (Å²) < 4.78 is 9.13. The average molecular weight is 556 g/mol. The number of ether oxygens (including phenoxy) is 1. The lowest BCUT2D eigenvalue weighted by Crippen LogP contribution is -2.48. The number of nitrogens with zero attached hydrogens (tertiary/aromatic N) is 8. The molecule has 4 aromatic rings. The highest BCUT2D eigenvalue weighted by Crippen LogP contribution is 2.36. The van der Waals surface area contributed by atoms with Crippen LogP contribution in [0.1, 0.15) is 68.1 Å². The number of nitrogens with one attached hydrogen (secondary N) is 1. The molecule has 2 aliphatic heterocycles. The zero-order valence-electron chi connectivity index (χ0n) is 24.1.